The number of hydrogen-bond acceptors (Lipinski definition) is 2. The molecule has 0 aromatic carbocycles. The summed E-state index contributed by atoms with van der Waals surface area (Å²) >= 11 is 0. The predicted molar refractivity (Wildman–Crippen MR) is 45.9 cm³/mol. The molecule has 0 spiro atoms. The molecule has 4 heteroatoms. The Bertz CT molecular complexity index is 267. The van der Waals surface area contributed by atoms with Crippen molar-refractivity contribution < 1.29 is 4.79 Å². The first kappa shape index (κ1) is 8.77. The minimum atomic E-state index is -0.0857. The zero-order valence-electron chi connectivity index (χ0n) is 7.35. The second-order valence-electron chi connectivity index (χ2n) is 2.64. The van der Waals surface area contributed by atoms with Crippen LogP contribution in [0.5, 0.6) is 0 Å². The van der Waals surface area contributed by atoms with E-state index in [-0.39, 0.29) is 5.91 Å². The number of carbonyl (C=O) groups excluding carboxylic acids is 1. The molecule has 1 amide bonds. The van der Waals surface area contributed by atoms with Crippen LogP contribution >= 0.6 is 0 Å². The third-order valence-electron chi connectivity index (χ3n) is 1.48. The minimum Gasteiger partial charge on any atom is -0.351 e. The lowest BCUT2D eigenvalue weighted by molar-refractivity contribution is 0.0949. The summed E-state index contributed by atoms with van der Waals surface area (Å²) in [7, 11) is 0. The van der Waals surface area contributed by atoms with E-state index in [1.165, 1.54) is 0 Å². The number of rotatable bonds is 3. The first-order chi connectivity index (χ1) is 5.74. The maximum absolute atomic E-state index is 11.2. The highest BCUT2D eigenvalue weighted by molar-refractivity contribution is 5.92. The highest BCUT2D eigenvalue weighted by Gasteiger charge is 2.05. The molecule has 12 heavy (non-hydrogen) atoms. The van der Waals surface area contributed by atoms with Crippen molar-refractivity contribution in [2.45, 2.75) is 20.3 Å². The molecule has 1 heterocycles. The number of carbonyl (C=O) groups is 1. The van der Waals surface area contributed by atoms with E-state index in [0.717, 1.165) is 12.2 Å². The normalized spacial score (nSPS) is 9.83. The lowest BCUT2D eigenvalue weighted by Gasteiger charge is -1.98. The van der Waals surface area contributed by atoms with Crippen molar-refractivity contribution in [3.63, 3.8) is 0 Å². The second-order valence-corrected chi connectivity index (χ2v) is 2.64. The van der Waals surface area contributed by atoms with Gasteiger partial charge in [0, 0.05) is 6.54 Å². The minimum absolute atomic E-state index is 0.0857. The van der Waals surface area contributed by atoms with E-state index in [2.05, 4.69) is 15.3 Å². The average molecular weight is 167 g/mol. The molecule has 2 N–H and O–H groups in total. The molecule has 1 aromatic rings. The molecule has 0 saturated carbocycles. The third kappa shape index (κ3) is 2.08. The Balaban J connectivity index is 2.53. The van der Waals surface area contributed by atoms with Crippen LogP contribution < -0.4 is 5.32 Å². The first-order valence-corrected chi connectivity index (χ1v) is 4.04. The highest BCUT2D eigenvalue weighted by atomic mass is 16.1. The fourth-order valence-corrected chi connectivity index (χ4v) is 0.870. The third-order valence-corrected chi connectivity index (χ3v) is 1.48. The summed E-state index contributed by atoms with van der Waals surface area (Å²) in [6.07, 6.45) is 2.49. The van der Waals surface area contributed by atoms with Crippen molar-refractivity contribution in [3.05, 3.63) is 17.7 Å². The molecular weight excluding hydrogens is 154 g/mol. The summed E-state index contributed by atoms with van der Waals surface area (Å²) in [4.78, 5) is 18.0. The maximum atomic E-state index is 11.2. The molecule has 0 bridgehead atoms. The van der Waals surface area contributed by atoms with Gasteiger partial charge in [-0.1, -0.05) is 6.92 Å². The zero-order valence-corrected chi connectivity index (χ0v) is 7.35. The van der Waals surface area contributed by atoms with Gasteiger partial charge in [0.05, 0.1) is 6.20 Å². The summed E-state index contributed by atoms with van der Waals surface area (Å²) in [5.41, 5.74) is 0.529. The number of amides is 1. The number of aromatic amines is 1. The van der Waals surface area contributed by atoms with Crippen LogP contribution in [0.4, 0.5) is 0 Å². The van der Waals surface area contributed by atoms with Gasteiger partial charge < -0.3 is 10.3 Å². The van der Waals surface area contributed by atoms with Crippen LogP contribution in [0.1, 0.15) is 29.7 Å². The first-order valence-electron chi connectivity index (χ1n) is 4.04. The van der Waals surface area contributed by atoms with Crippen LogP contribution in [-0.4, -0.2) is 22.4 Å². The maximum Gasteiger partial charge on any atom is 0.269 e. The van der Waals surface area contributed by atoms with Gasteiger partial charge in [-0.3, -0.25) is 4.79 Å². The van der Waals surface area contributed by atoms with Crippen LogP contribution in [0, 0.1) is 6.92 Å². The molecule has 1 aromatic heterocycles. The molecule has 0 atom stereocenters. The summed E-state index contributed by atoms with van der Waals surface area (Å²) in [5, 5.41) is 2.75. The van der Waals surface area contributed by atoms with E-state index in [4.69, 9.17) is 0 Å². The molecule has 0 saturated heterocycles. The molecule has 66 valence electrons. The largest absolute Gasteiger partial charge is 0.351 e. The Hall–Kier alpha value is -1.32. The zero-order chi connectivity index (χ0) is 8.97. The summed E-state index contributed by atoms with van der Waals surface area (Å²) < 4.78 is 0. The molecule has 0 aliphatic heterocycles. The molecule has 0 unspecified atom stereocenters. The van der Waals surface area contributed by atoms with Gasteiger partial charge in [0.15, 0.2) is 0 Å². The van der Waals surface area contributed by atoms with Gasteiger partial charge in [0.25, 0.3) is 5.91 Å². The quantitative estimate of drug-likeness (QED) is 0.701. The van der Waals surface area contributed by atoms with Gasteiger partial charge in [0.2, 0.25) is 0 Å². The van der Waals surface area contributed by atoms with Gasteiger partial charge in [-0.2, -0.15) is 0 Å². The molecule has 0 radical (unpaired) electrons. The lowest BCUT2D eigenvalue weighted by atomic mass is 10.4. The van der Waals surface area contributed by atoms with Crippen LogP contribution in [0.3, 0.4) is 0 Å². The summed E-state index contributed by atoms with van der Waals surface area (Å²) in [6.45, 7) is 4.53. The van der Waals surface area contributed by atoms with Crippen molar-refractivity contribution >= 4 is 5.91 Å². The van der Waals surface area contributed by atoms with Crippen molar-refractivity contribution in [1.82, 2.24) is 15.3 Å². The molecule has 4 nitrogen and oxygen atoms in total. The number of aromatic nitrogens is 2. The van der Waals surface area contributed by atoms with Crippen LogP contribution in [-0.2, 0) is 0 Å². The fourth-order valence-electron chi connectivity index (χ4n) is 0.870. The van der Waals surface area contributed by atoms with E-state index in [1.54, 1.807) is 6.20 Å². The average Bonchev–Trinajstić information content (AvgIpc) is 2.47. The van der Waals surface area contributed by atoms with Gasteiger partial charge >= 0.3 is 0 Å². The monoisotopic (exact) mass is 167 g/mol. The summed E-state index contributed by atoms with van der Waals surface area (Å²) in [5.74, 6) is 0.675. The Morgan fingerprint density at radius 1 is 1.75 bits per heavy atom. The second kappa shape index (κ2) is 3.90. The van der Waals surface area contributed by atoms with E-state index in [0.29, 0.717) is 12.2 Å². The van der Waals surface area contributed by atoms with Crippen LogP contribution in [0.15, 0.2) is 6.20 Å². The van der Waals surface area contributed by atoms with Gasteiger partial charge in [-0.15, -0.1) is 0 Å². The summed E-state index contributed by atoms with van der Waals surface area (Å²) in [6, 6.07) is 0. The van der Waals surface area contributed by atoms with Crippen molar-refractivity contribution in [1.29, 1.82) is 0 Å². The van der Waals surface area contributed by atoms with Gasteiger partial charge in [0.1, 0.15) is 11.5 Å². The molecule has 0 aliphatic carbocycles. The Morgan fingerprint density at radius 3 is 3.00 bits per heavy atom. The molecule has 0 fully saturated rings. The molecular formula is C8H13N3O. The topological polar surface area (TPSA) is 57.8 Å². The van der Waals surface area contributed by atoms with Gasteiger partial charge in [-0.25, -0.2) is 4.98 Å². The molecule has 0 aliphatic rings. The van der Waals surface area contributed by atoms with Crippen LogP contribution in [0.2, 0.25) is 0 Å². The smallest absolute Gasteiger partial charge is 0.269 e. The van der Waals surface area contributed by atoms with Gasteiger partial charge in [-0.05, 0) is 13.3 Å². The number of imidazole rings is 1. The Morgan fingerprint density at radius 2 is 2.50 bits per heavy atom. The van der Waals surface area contributed by atoms with E-state index >= 15 is 0 Å². The number of nitrogens with one attached hydrogen (secondary N) is 2. The SMILES string of the molecule is CCCNC(=O)c1cnc(C)[nH]1. The Kier molecular flexibility index (Phi) is 2.85. The van der Waals surface area contributed by atoms with Crippen molar-refractivity contribution in [2.75, 3.05) is 6.54 Å². The fraction of sp³-hybridized carbons (Fsp3) is 0.500. The number of aryl methyl sites for hydroxylation is 1. The lowest BCUT2D eigenvalue weighted by Crippen LogP contribution is -2.24. The van der Waals surface area contributed by atoms with Crippen LogP contribution in [0.25, 0.3) is 0 Å². The van der Waals surface area contributed by atoms with E-state index in [9.17, 15) is 4.79 Å². The van der Waals surface area contributed by atoms with E-state index in [1.807, 2.05) is 13.8 Å². The Labute approximate surface area is 71.4 Å². The number of hydrogen-bond donors (Lipinski definition) is 2. The van der Waals surface area contributed by atoms with Crippen molar-refractivity contribution in [3.8, 4) is 0 Å². The standard InChI is InChI=1S/C8H13N3O/c1-3-4-9-8(12)7-5-10-6(2)11-7/h5H,3-4H2,1-2H3,(H,9,12)(H,10,11). The van der Waals surface area contributed by atoms with E-state index < -0.39 is 0 Å². The van der Waals surface area contributed by atoms with Crippen molar-refractivity contribution in [2.24, 2.45) is 0 Å². The number of nitrogens with zero attached hydrogens (tertiary/aromatic N) is 1. The molecule has 1 rings (SSSR count). The highest BCUT2D eigenvalue weighted by Crippen LogP contribution is 1.94. The number of H-pyrrole nitrogens is 1. The predicted octanol–water partition coefficient (Wildman–Crippen LogP) is 0.858.